The normalized spacial score (nSPS) is 11.8. The number of hydrogen-bond acceptors (Lipinski definition) is 2. The molecule has 0 unspecified atom stereocenters. The van der Waals surface area contributed by atoms with Crippen LogP contribution >= 0.6 is 0 Å². The maximum absolute atomic E-state index is 6.37. The van der Waals surface area contributed by atoms with Gasteiger partial charge in [0, 0.05) is 27.1 Å². The van der Waals surface area contributed by atoms with Gasteiger partial charge < -0.3 is 8.83 Å². The zero-order valence-electron chi connectivity index (χ0n) is 18.1. The molecule has 2 aromatic heterocycles. The van der Waals surface area contributed by atoms with Crippen LogP contribution in [0.4, 0.5) is 0 Å². The highest BCUT2D eigenvalue weighted by molar-refractivity contribution is 6.12. The van der Waals surface area contributed by atoms with Gasteiger partial charge in [-0.2, -0.15) is 0 Å². The fourth-order valence-corrected chi connectivity index (χ4v) is 4.93. The Labute approximate surface area is 190 Å². The molecule has 0 aliphatic heterocycles. The van der Waals surface area contributed by atoms with Gasteiger partial charge in [-0.1, -0.05) is 72.3 Å². The van der Waals surface area contributed by atoms with Crippen molar-refractivity contribution >= 4 is 43.9 Å². The van der Waals surface area contributed by atoms with Crippen molar-refractivity contribution in [1.82, 2.24) is 0 Å². The van der Waals surface area contributed by atoms with Gasteiger partial charge in [0.15, 0.2) is 0 Å². The maximum atomic E-state index is 6.37. The Morgan fingerprint density at radius 1 is 0.455 bits per heavy atom. The third-order valence-electron chi connectivity index (χ3n) is 6.52. The van der Waals surface area contributed by atoms with Crippen molar-refractivity contribution in [3.63, 3.8) is 0 Å². The molecule has 2 heterocycles. The molecule has 2 heteroatoms. The monoisotopic (exact) mass is 424 g/mol. The third kappa shape index (κ3) is 2.81. The van der Waals surface area contributed by atoms with Crippen LogP contribution in [0.2, 0.25) is 0 Å². The van der Waals surface area contributed by atoms with Crippen LogP contribution < -0.4 is 0 Å². The Hall–Kier alpha value is -4.30. The molecule has 0 fully saturated rings. The summed E-state index contributed by atoms with van der Waals surface area (Å²) in [6.45, 7) is 2.13. The summed E-state index contributed by atoms with van der Waals surface area (Å²) in [4.78, 5) is 0. The predicted molar refractivity (Wildman–Crippen MR) is 137 cm³/mol. The van der Waals surface area contributed by atoms with Crippen molar-refractivity contribution in [3.05, 3.63) is 109 Å². The minimum Gasteiger partial charge on any atom is -0.456 e. The molecule has 5 aromatic carbocycles. The zero-order valence-corrected chi connectivity index (χ0v) is 18.1. The highest BCUT2D eigenvalue weighted by atomic mass is 16.3. The number of hydrogen-bond donors (Lipinski definition) is 0. The van der Waals surface area contributed by atoms with E-state index in [2.05, 4.69) is 85.8 Å². The molecule has 0 N–H and O–H groups in total. The van der Waals surface area contributed by atoms with Crippen molar-refractivity contribution in [1.29, 1.82) is 0 Å². The van der Waals surface area contributed by atoms with E-state index in [9.17, 15) is 0 Å². The first-order chi connectivity index (χ1) is 16.2. The lowest BCUT2D eigenvalue weighted by Gasteiger charge is -2.09. The molecule has 0 spiro atoms. The number of para-hydroxylation sites is 2. The van der Waals surface area contributed by atoms with Crippen LogP contribution in [0.25, 0.3) is 66.1 Å². The Morgan fingerprint density at radius 3 is 1.97 bits per heavy atom. The summed E-state index contributed by atoms with van der Waals surface area (Å²) in [6, 6.07) is 36.1. The number of furan rings is 2. The van der Waals surface area contributed by atoms with Gasteiger partial charge in [-0.3, -0.25) is 0 Å². The standard InChI is InChI=1S/C31H20O2/c1-19-7-6-8-21(15-19)25-17-22(18-27-24-10-3-5-12-29(24)33-31(25)27)20-13-14-30-26(16-20)23-9-2-4-11-28(23)32-30/h2-18H,1H3. The summed E-state index contributed by atoms with van der Waals surface area (Å²) in [5.74, 6) is 0. The van der Waals surface area contributed by atoms with Crippen LogP contribution in [0.15, 0.2) is 112 Å². The summed E-state index contributed by atoms with van der Waals surface area (Å²) >= 11 is 0. The molecular weight excluding hydrogens is 404 g/mol. The van der Waals surface area contributed by atoms with Crippen LogP contribution in [0.5, 0.6) is 0 Å². The number of fused-ring (bicyclic) bond motifs is 6. The molecule has 7 aromatic rings. The summed E-state index contributed by atoms with van der Waals surface area (Å²) in [7, 11) is 0. The number of rotatable bonds is 2. The van der Waals surface area contributed by atoms with Gasteiger partial charge >= 0.3 is 0 Å². The van der Waals surface area contributed by atoms with Gasteiger partial charge in [0.25, 0.3) is 0 Å². The smallest absolute Gasteiger partial charge is 0.143 e. The molecule has 7 rings (SSSR count). The van der Waals surface area contributed by atoms with Gasteiger partial charge in [0.2, 0.25) is 0 Å². The molecule has 0 aliphatic rings. The Bertz CT molecular complexity index is 1830. The molecule has 0 aliphatic carbocycles. The van der Waals surface area contributed by atoms with Crippen LogP contribution in [-0.2, 0) is 0 Å². The lowest BCUT2D eigenvalue weighted by molar-refractivity contribution is 0.669. The summed E-state index contributed by atoms with van der Waals surface area (Å²) in [5.41, 5.74) is 9.50. The van der Waals surface area contributed by atoms with Crippen molar-refractivity contribution in [2.45, 2.75) is 6.92 Å². The predicted octanol–water partition coefficient (Wildman–Crippen LogP) is 9.13. The second kappa shape index (κ2) is 6.85. The van der Waals surface area contributed by atoms with Gasteiger partial charge in [-0.05, 0) is 60.0 Å². The topological polar surface area (TPSA) is 26.3 Å². The molecule has 33 heavy (non-hydrogen) atoms. The average Bonchev–Trinajstić information content (AvgIpc) is 3.41. The van der Waals surface area contributed by atoms with Crippen LogP contribution in [0.3, 0.4) is 0 Å². The Morgan fingerprint density at radius 2 is 1.15 bits per heavy atom. The largest absolute Gasteiger partial charge is 0.456 e. The fraction of sp³-hybridized carbons (Fsp3) is 0.0323. The summed E-state index contributed by atoms with van der Waals surface area (Å²) in [6.07, 6.45) is 0. The third-order valence-corrected chi connectivity index (χ3v) is 6.52. The summed E-state index contributed by atoms with van der Waals surface area (Å²) < 4.78 is 12.4. The van der Waals surface area contributed by atoms with Gasteiger partial charge in [-0.25, -0.2) is 0 Å². The molecule has 0 radical (unpaired) electrons. The molecule has 2 nitrogen and oxygen atoms in total. The van der Waals surface area contributed by atoms with Gasteiger partial charge in [0.1, 0.15) is 22.3 Å². The average molecular weight is 424 g/mol. The van der Waals surface area contributed by atoms with E-state index < -0.39 is 0 Å². The first-order valence-electron chi connectivity index (χ1n) is 11.2. The zero-order chi connectivity index (χ0) is 21.9. The summed E-state index contributed by atoms with van der Waals surface area (Å²) in [5, 5.41) is 4.55. The Balaban J connectivity index is 1.55. The molecular formula is C31H20O2. The van der Waals surface area contributed by atoms with Crippen LogP contribution in [0, 0.1) is 6.92 Å². The van der Waals surface area contributed by atoms with Gasteiger partial charge in [-0.15, -0.1) is 0 Å². The van der Waals surface area contributed by atoms with Crippen molar-refractivity contribution < 1.29 is 8.83 Å². The molecule has 0 saturated carbocycles. The van der Waals surface area contributed by atoms with Crippen LogP contribution in [-0.4, -0.2) is 0 Å². The number of benzene rings is 5. The lowest BCUT2D eigenvalue weighted by atomic mass is 9.94. The van der Waals surface area contributed by atoms with Crippen molar-refractivity contribution in [3.8, 4) is 22.3 Å². The van der Waals surface area contributed by atoms with Crippen LogP contribution in [0.1, 0.15) is 5.56 Å². The minimum absolute atomic E-state index is 0.911. The van der Waals surface area contributed by atoms with E-state index in [1.807, 2.05) is 24.3 Å². The van der Waals surface area contributed by atoms with Gasteiger partial charge in [0.05, 0.1) is 0 Å². The molecule has 0 bridgehead atoms. The SMILES string of the molecule is Cc1cccc(-c2cc(-c3ccc4oc5ccccc5c4c3)cc3c2oc2ccccc23)c1. The van der Waals surface area contributed by atoms with Crippen molar-refractivity contribution in [2.24, 2.45) is 0 Å². The van der Waals surface area contributed by atoms with E-state index in [1.165, 1.54) is 5.56 Å². The minimum atomic E-state index is 0.911. The molecule has 0 amide bonds. The maximum Gasteiger partial charge on any atom is 0.143 e. The highest BCUT2D eigenvalue weighted by Gasteiger charge is 2.16. The van der Waals surface area contributed by atoms with E-state index in [0.29, 0.717) is 0 Å². The second-order valence-electron chi connectivity index (χ2n) is 8.68. The fourth-order valence-electron chi connectivity index (χ4n) is 4.93. The number of aryl methyl sites for hydroxylation is 1. The van der Waals surface area contributed by atoms with E-state index in [-0.39, 0.29) is 0 Å². The van der Waals surface area contributed by atoms with E-state index in [4.69, 9.17) is 8.83 Å². The quantitative estimate of drug-likeness (QED) is 0.276. The molecule has 0 saturated heterocycles. The first kappa shape index (κ1) is 18.3. The van der Waals surface area contributed by atoms with Crippen molar-refractivity contribution in [2.75, 3.05) is 0 Å². The van der Waals surface area contributed by atoms with E-state index >= 15 is 0 Å². The molecule has 0 atom stereocenters. The van der Waals surface area contributed by atoms with E-state index in [1.54, 1.807) is 0 Å². The lowest BCUT2D eigenvalue weighted by Crippen LogP contribution is -1.85. The first-order valence-corrected chi connectivity index (χ1v) is 11.2. The Kier molecular flexibility index (Phi) is 3.80. The second-order valence-corrected chi connectivity index (χ2v) is 8.68. The molecule has 156 valence electrons. The van der Waals surface area contributed by atoms with E-state index in [0.717, 1.165) is 66.1 Å². The highest BCUT2D eigenvalue weighted by Crippen LogP contribution is 2.40.